The quantitative estimate of drug-likeness (QED) is 0.624. The molecule has 2 heterocycles. The van der Waals surface area contributed by atoms with E-state index in [2.05, 4.69) is 20.8 Å². The van der Waals surface area contributed by atoms with Gasteiger partial charge in [0, 0.05) is 24.8 Å². The predicted molar refractivity (Wildman–Crippen MR) is 83.8 cm³/mol. The maximum Gasteiger partial charge on any atom is 0.263 e. The molecule has 0 fully saturated rings. The molecule has 21 heavy (non-hydrogen) atoms. The largest absolute Gasteiger partial charge is 0.492 e. The zero-order valence-electron chi connectivity index (χ0n) is 12.0. The van der Waals surface area contributed by atoms with E-state index in [0.717, 1.165) is 17.0 Å². The Morgan fingerprint density at radius 2 is 2.38 bits per heavy atom. The van der Waals surface area contributed by atoms with Crippen molar-refractivity contribution in [3.8, 4) is 5.75 Å². The van der Waals surface area contributed by atoms with Crippen LogP contribution in [0.2, 0.25) is 0 Å². The standard InChI is InChI=1S/C13H19N5O2S/c1-3-4-15-12(19)11-9(14)10(20-2)13(21-11)16-5-8-6-17-18-7-8/h6-7,16H,3-5,14H2,1-2H3,(H,15,19)(H,17,18). The van der Waals surface area contributed by atoms with E-state index in [4.69, 9.17) is 10.5 Å². The highest BCUT2D eigenvalue weighted by Crippen LogP contribution is 2.42. The number of nitrogen functional groups attached to an aromatic ring is 1. The lowest BCUT2D eigenvalue weighted by atomic mass is 10.3. The minimum Gasteiger partial charge on any atom is -0.492 e. The Kier molecular flexibility index (Phi) is 5.04. The maximum absolute atomic E-state index is 12.1. The lowest BCUT2D eigenvalue weighted by Gasteiger charge is -2.05. The fourth-order valence-electron chi connectivity index (χ4n) is 1.79. The average Bonchev–Trinajstić information content (AvgIpc) is 3.10. The number of anilines is 2. The first-order chi connectivity index (χ1) is 10.2. The van der Waals surface area contributed by atoms with Crippen LogP contribution in [0.5, 0.6) is 5.75 Å². The number of H-pyrrole nitrogens is 1. The van der Waals surface area contributed by atoms with Gasteiger partial charge in [0.2, 0.25) is 0 Å². The lowest BCUT2D eigenvalue weighted by Crippen LogP contribution is -2.23. The van der Waals surface area contributed by atoms with Gasteiger partial charge in [-0.15, -0.1) is 11.3 Å². The van der Waals surface area contributed by atoms with Gasteiger partial charge in [-0.05, 0) is 6.42 Å². The summed E-state index contributed by atoms with van der Waals surface area (Å²) in [5, 5.41) is 13.4. The van der Waals surface area contributed by atoms with Gasteiger partial charge < -0.3 is 21.1 Å². The summed E-state index contributed by atoms with van der Waals surface area (Å²) in [6.45, 7) is 3.19. The summed E-state index contributed by atoms with van der Waals surface area (Å²) in [6, 6.07) is 0. The number of rotatable bonds is 7. The molecular formula is C13H19N5O2S. The van der Waals surface area contributed by atoms with E-state index >= 15 is 0 Å². The van der Waals surface area contributed by atoms with Gasteiger partial charge in [0.25, 0.3) is 5.91 Å². The molecule has 114 valence electrons. The Balaban J connectivity index is 2.15. The van der Waals surface area contributed by atoms with Crippen LogP contribution < -0.4 is 21.1 Å². The number of nitrogens with zero attached hydrogens (tertiary/aromatic N) is 1. The Bertz CT molecular complexity index is 594. The van der Waals surface area contributed by atoms with Crippen molar-refractivity contribution < 1.29 is 9.53 Å². The summed E-state index contributed by atoms with van der Waals surface area (Å²) in [7, 11) is 1.54. The van der Waals surface area contributed by atoms with Crippen molar-refractivity contribution >= 4 is 27.9 Å². The van der Waals surface area contributed by atoms with Crippen molar-refractivity contribution in [2.75, 3.05) is 24.7 Å². The number of aromatic nitrogens is 2. The van der Waals surface area contributed by atoms with Crippen molar-refractivity contribution in [3.63, 3.8) is 0 Å². The van der Waals surface area contributed by atoms with E-state index in [1.807, 2.05) is 6.92 Å². The summed E-state index contributed by atoms with van der Waals surface area (Å²) < 4.78 is 5.30. The SMILES string of the molecule is CCCNC(=O)c1sc(NCc2cn[nH]c2)c(OC)c1N. The van der Waals surface area contributed by atoms with Gasteiger partial charge >= 0.3 is 0 Å². The third-order valence-corrected chi connectivity index (χ3v) is 4.00. The molecule has 0 aromatic carbocycles. The molecular weight excluding hydrogens is 290 g/mol. The smallest absolute Gasteiger partial charge is 0.263 e. The van der Waals surface area contributed by atoms with Gasteiger partial charge in [-0.2, -0.15) is 5.10 Å². The molecule has 0 radical (unpaired) electrons. The van der Waals surface area contributed by atoms with Gasteiger partial charge in [-0.3, -0.25) is 9.89 Å². The van der Waals surface area contributed by atoms with Crippen LogP contribution in [-0.4, -0.2) is 29.8 Å². The molecule has 8 heteroatoms. The van der Waals surface area contributed by atoms with E-state index in [9.17, 15) is 4.79 Å². The molecule has 0 unspecified atom stereocenters. The van der Waals surface area contributed by atoms with E-state index in [1.54, 1.807) is 12.4 Å². The van der Waals surface area contributed by atoms with Crippen LogP contribution in [0.15, 0.2) is 12.4 Å². The molecule has 0 saturated heterocycles. The Morgan fingerprint density at radius 1 is 1.57 bits per heavy atom. The number of carbonyl (C=O) groups excluding carboxylic acids is 1. The van der Waals surface area contributed by atoms with Gasteiger partial charge in [-0.25, -0.2) is 0 Å². The maximum atomic E-state index is 12.1. The van der Waals surface area contributed by atoms with Crippen LogP contribution in [0.4, 0.5) is 10.7 Å². The predicted octanol–water partition coefficient (Wildman–Crippen LogP) is 1.81. The highest BCUT2D eigenvalue weighted by Gasteiger charge is 2.21. The molecule has 0 spiro atoms. The molecule has 2 aromatic heterocycles. The summed E-state index contributed by atoms with van der Waals surface area (Å²) in [5.41, 5.74) is 7.37. The van der Waals surface area contributed by atoms with Crippen molar-refractivity contribution in [2.24, 2.45) is 0 Å². The minimum absolute atomic E-state index is 0.172. The lowest BCUT2D eigenvalue weighted by molar-refractivity contribution is 0.0958. The van der Waals surface area contributed by atoms with E-state index < -0.39 is 0 Å². The molecule has 0 bridgehead atoms. The molecule has 2 rings (SSSR count). The van der Waals surface area contributed by atoms with Gasteiger partial charge in [0.05, 0.1) is 13.3 Å². The van der Waals surface area contributed by atoms with Crippen molar-refractivity contribution in [2.45, 2.75) is 19.9 Å². The number of hydrogen-bond donors (Lipinski definition) is 4. The Morgan fingerprint density at radius 3 is 3.00 bits per heavy atom. The number of ether oxygens (including phenoxy) is 1. The van der Waals surface area contributed by atoms with E-state index in [-0.39, 0.29) is 5.91 Å². The van der Waals surface area contributed by atoms with Crippen LogP contribution in [0.3, 0.4) is 0 Å². The first kappa shape index (κ1) is 15.2. The molecule has 2 aromatic rings. The molecule has 0 aliphatic rings. The van der Waals surface area contributed by atoms with Crippen LogP contribution in [-0.2, 0) is 6.54 Å². The summed E-state index contributed by atoms with van der Waals surface area (Å²) in [4.78, 5) is 12.5. The first-order valence-electron chi connectivity index (χ1n) is 6.63. The molecule has 0 saturated carbocycles. The van der Waals surface area contributed by atoms with Gasteiger partial charge in [0.15, 0.2) is 5.75 Å². The molecule has 1 amide bonds. The number of nitrogens with one attached hydrogen (secondary N) is 3. The van der Waals surface area contributed by atoms with E-state index in [0.29, 0.717) is 29.4 Å². The fourth-order valence-corrected chi connectivity index (χ4v) is 2.79. The highest BCUT2D eigenvalue weighted by molar-refractivity contribution is 7.19. The summed E-state index contributed by atoms with van der Waals surface area (Å²) in [5.74, 6) is 0.333. The van der Waals surface area contributed by atoms with E-state index in [1.165, 1.54) is 18.4 Å². The van der Waals surface area contributed by atoms with Crippen molar-refractivity contribution in [3.05, 3.63) is 22.8 Å². The fraction of sp³-hybridized carbons (Fsp3) is 0.385. The third kappa shape index (κ3) is 3.46. The van der Waals surface area contributed by atoms with Crippen LogP contribution in [0.1, 0.15) is 28.6 Å². The molecule has 7 nitrogen and oxygen atoms in total. The molecule has 0 aliphatic heterocycles. The second-order valence-electron chi connectivity index (χ2n) is 4.42. The third-order valence-electron chi connectivity index (χ3n) is 2.85. The number of thiophene rings is 1. The Hall–Kier alpha value is -2.22. The van der Waals surface area contributed by atoms with Crippen molar-refractivity contribution in [1.82, 2.24) is 15.5 Å². The second-order valence-corrected chi connectivity index (χ2v) is 5.44. The number of aromatic amines is 1. The van der Waals surface area contributed by atoms with Crippen LogP contribution >= 0.6 is 11.3 Å². The summed E-state index contributed by atoms with van der Waals surface area (Å²) >= 11 is 1.29. The summed E-state index contributed by atoms with van der Waals surface area (Å²) in [6.07, 6.45) is 4.40. The minimum atomic E-state index is -0.172. The number of methoxy groups -OCH3 is 1. The highest BCUT2D eigenvalue weighted by atomic mass is 32.1. The second kappa shape index (κ2) is 6.98. The number of amides is 1. The zero-order valence-corrected chi connectivity index (χ0v) is 12.8. The average molecular weight is 309 g/mol. The van der Waals surface area contributed by atoms with Gasteiger partial charge in [-0.1, -0.05) is 6.92 Å². The Labute approximate surface area is 126 Å². The van der Waals surface area contributed by atoms with Crippen LogP contribution in [0, 0.1) is 0 Å². The normalized spacial score (nSPS) is 10.4. The topological polar surface area (TPSA) is 105 Å². The molecule has 0 atom stereocenters. The molecule has 0 aliphatic carbocycles. The number of carbonyl (C=O) groups is 1. The van der Waals surface area contributed by atoms with Gasteiger partial charge in [0.1, 0.15) is 15.6 Å². The van der Waals surface area contributed by atoms with Crippen LogP contribution in [0.25, 0.3) is 0 Å². The zero-order chi connectivity index (χ0) is 15.2. The number of nitrogens with two attached hydrogens (primary N) is 1. The monoisotopic (exact) mass is 309 g/mol. The molecule has 5 N–H and O–H groups in total. The first-order valence-corrected chi connectivity index (χ1v) is 7.45. The number of hydrogen-bond acceptors (Lipinski definition) is 6. The van der Waals surface area contributed by atoms with Crippen molar-refractivity contribution in [1.29, 1.82) is 0 Å².